The van der Waals surface area contributed by atoms with Gasteiger partial charge in [0, 0.05) is 68.0 Å². The third-order valence-electron chi connectivity index (χ3n) is 7.00. The maximum atomic E-state index is 14.0. The number of nitrogens with one attached hydrogen (secondary N) is 1. The van der Waals surface area contributed by atoms with E-state index in [1.54, 1.807) is 18.0 Å². The van der Waals surface area contributed by atoms with Crippen molar-refractivity contribution in [2.24, 2.45) is 0 Å². The van der Waals surface area contributed by atoms with Crippen LogP contribution in [0.15, 0.2) is 79.1 Å². The van der Waals surface area contributed by atoms with Crippen LogP contribution < -0.4 is 5.32 Å². The number of amides is 1. The van der Waals surface area contributed by atoms with Gasteiger partial charge in [0.25, 0.3) is 5.91 Å². The van der Waals surface area contributed by atoms with Crippen molar-refractivity contribution in [2.75, 3.05) is 45.0 Å². The van der Waals surface area contributed by atoms with Crippen LogP contribution in [0.1, 0.15) is 29.7 Å². The van der Waals surface area contributed by atoms with E-state index < -0.39 is 4.87 Å². The maximum Gasteiger partial charge on any atom is 0.272 e. The number of hydrogen-bond donors (Lipinski definition) is 1. The van der Waals surface area contributed by atoms with Crippen LogP contribution in [0.4, 0.5) is 0 Å². The molecular weight excluding hydrogens is 490 g/mol. The lowest BCUT2D eigenvalue weighted by Gasteiger charge is -2.45. The van der Waals surface area contributed by atoms with Crippen molar-refractivity contribution in [1.29, 1.82) is 0 Å². The molecule has 2 aliphatic rings. The Kier molecular flexibility index (Phi) is 7.93. The third-order valence-corrected chi connectivity index (χ3v) is 8.64. The summed E-state index contributed by atoms with van der Waals surface area (Å²) in [6.07, 6.45) is 3.56. The van der Waals surface area contributed by atoms with E-state index >= 15 is 0 Å². The molecule has 8 heteroatoms. The van der Waals surface area contributed by atoms with Crippen LogP contribution in [0, 0.1) is 0 Å². The fraction of sp³-hybridized carbons (Fsp3) is 0.357. The molecule has 0 spiro atoms. The summed E-state index contributed by atoms with van der Waals surface area (Å²) in [6, 6.07) is 22.8. The number of carbonyl (C=O) groups excluding carboxylic acids is 1. The summed E-state index contributed by atoms with van der Waals surface area (Å²) in [5.74, 6) is 0.984. The lowest BCUT2D eigenvalue weighted by Crippen LogP contribution is -2.61. The topological polar surface area (TPSA) is 51.7 Å². The average Bonchev–Trinajstić information content (AvgIpc) is 3.44. The Labute approximate surface area is 222 Å². The van der Waals surface area contributed by atoms with E-state index in [4.69, 9.17) is 11.6 Å². The molecule has 1 amide bonds. The van der Waals surface area contributed by atoms with E-state index in [0.717, 1.165) is 49.1 Å². The molecule has 2 fully saturated rings. The Bertz CT molecular complexity index is 1130. The van der Waals surface area contributed by atoms with Gasteiger partial charge in [-0.05, 0) is 36.2 Å². The van der Waals surface area contributed by atoms with Gasteiger partial charge >= 0.3 is 0 Å². The normalized spacial score (nSPS) is 21.8. The van der Waals surface area contributed by atoms with Crippen LogP contribution in [-0.2, 0) is 9.67 Å². The van der Waals surface area contributed by atoms with Crippen molar-refractivity contribution in [1.82, 2.24) is 25.2 Å². The van der Waals surface area contributed by atoms with E-state index in [0.29, 0.717) is 6.54 Å². The second-order valence-corrected chi connectivity index (χ2v) is 10.8. The third kappa shape index (κ3) is 5.04. The molecule has 188 valence electrons. The summed E-state index contributed by atoms with van der Waals surface area (Å²) < 4.78 is 0. The molecule has 0 radical (unpaired) electrons. The zero-order valence-electron chi connectivity index (χ0n) is 20.5. The first kappa shape index (κ1) is 25.2. The van der Waals surface area contributed by atoms with Crippen molar-refractivity contribution in [2.45, 2.75) is 17.8 Å². The summed E-state index contributed by atoms with van der Waals surface area (Å²) in [4.78, 5) is 20.1. The highest BCUT2D eigenvalue weighted by Crippen LogP contribution is 2.39. The summed E-state index contributed by atoms with van der Waals surface area (Å²) in [7, 11) is 0. The number of nitrogens with zero attached hydrogens (tertiary/aromatic N) is 4. The number of hydrogen-bond acceptors (Lipinski definition) is 6. The van der Waals surface area contributed by atoms with Gasteiger partial charge in [0.1, 0.15) is 0 Å². The fourth-order valence-corrected chi connectivity index (χ4v) is 6.62. The van der Waals surface area contributed by atoms with Crippen LogP contribution in [0.2, 0.25) is 5.02 Å². The summed E-state index contributed by atoms with van der Waals surface area (Å²) in [5.41, 5.74) is 3.41. The molecule has 2 atom stereocenters. The van der Waals surface area contributed by atoms with E-state index in [9.17, 15) is 4.79 Å². The molecule has 3 heterocycles. The van der Waals surface area contributed by atoms with E-state index in [2.05, 4.69) is 69.6 Å². The van der Waals surface area contributed by atoms with Crippen molar-refractivity contribution in [3.63, 3.8) is 0 Å². The highest BCUT2D eigenvalue weighted by molar-refractivity contribution is 8.01. The molecule has 36 heavy (non-hydrogen) atoms. The van der Waals surface area contributed by atoms with Crippen molar-refractivity contribution in [3.8, 4) is 0 Å². The molecule has 0 saturated carbocycles. The summed E-state index contributed by atoms with van der Waals surface area (Å²) in [5, 5.41) is 8.41. The van der Waals surface area contributed by atoms with Crippen molar-refractivity contribution >= 4 is 29.3 Å². The molecule has 0 aliphatic carbocycles. The first-order valence-corrected chi connectivity index (χ1v) is 13.9. The molecule has 2 aliphatic heterocycles. The fourth-order valence-electron chi connectivity index (χ4n) is 5.26. The van der Waals surface area contributed by atoms with Gasteiger partial charge in [-0.25, -0.2) is 5.01 Å². The number of halogens is 1. The monoisotopic (exact) mass is 521 g/mol. The lowest BCUT2D eigenvalue weighted by atomic mass is 9.96. The number of rotatable bonds is 7. The van der Waals surface area contributed by atoms with E-state index in [1.807, 2.05) is 35.5 Å². The SMILES string of the molecule is CCN(C(=O)C1(c2cccnc2)NCCS1)N1CCN(C(c2ccccc2)c2ccc(Cl)cc2)CC1. The minimum atomic E-state index is -0.780. The largest absolute Gasteiger partial charge is 0.290 e. The second kappa shape index (κ2) is 11.3. The van der Waals surface area contributed by atoms with Gasteiger partial charge in [-0.1, -0.05) is 60.1 Å². The van der Waals surface area contributed by atoms with Crippen molar-refractivity contribution < 1.29 is 4.79 Å². The number of likely N-dealkylation sites (N-methyl/N-ethyl adjacent to an activating group) is 1. The number of thioether (sulfide) groups is 1. The van der Waals surface area contributed by atoms with Crippen LogP contribution in [0.25, 0.3) is 0 Å². The Morgan fingerprint density at radius 2 is 1.78 bits per heavy atom. The molecule has 1 N–H and O–H groups in total. The molecule has 2 saturated heterocycles. The van der Waals surface area contributed by atoms with Crippen LogP contribution in [0.5, 0.6) is 0 Å². The number of hydrazine groups is 1. The second-order valence-electron chi connectivity index (χ2n) is 9.07. The highest BCUT2D eigenvalue weighted by Gasteiger charge is 2.47. The van der Waals surface area contributed by atoms with Gasteiger partial charge in [-0.2, -0.15) is 0 Å². The number of aromatic nitrogens is 1. The Balaban J connectivity index is 1.35. The predicted molar refractivity (Wildman–Crippen MR) is 147 cm³/mol. The first-order valence-electron chi connectivity index (χ1n) is 12.5. The predicted octanol–water partition coefficient (Wildman–Crippen LogP) is 4.39. The minimum absolute atomic E-state index is 0.0891. The molecular formula is C28H32ClN5OS. The van der Waals surface area contributed by atoms with Gasteiger partial charge in [-0.3, -0.25) is 25.0 Å². The zero-order chi connectivity index (χ0) is 25.0. The van der Waals surface area contributed by atoms with Gasteiger partial charge < -0.3 is 0 Å². The Morgan fingerprint density at radius 1 is 1.06 bits per heavy atom. The maximum absolute atomic E-state index is 14.0. The Hall–Kier alpha value is -2.42. The van der Waals surface area contributed by atoms with Crippen molar-refractivity contribution in [3.05, 3.63) is 101 Å². The molecule has 2 unspecified atom stereocenters. The molecule has 6 nitrogen and oxygen atoms in total. The first-order chi connectivity index (χ1) is 17.6. The minimum Gasteiger partial charge on any atom is -0.290 e. The quantitative estimate of drug-likeness (QED) is 0.497. The number of piperazine rings is 1. The van der Waals surface area contributed by atoms with Gasteiger partial charge in [-0.15, -0.1) is 11.8 Å². The highest BCUT2D eigenvalue weighted by atomic mass is 35.5. The number of carbonyl (C=O) groups is 1. The number of benzene rings is 2. The summed E-state index contributed by atoms with van der Waals surface area (Å²) in [6.45, 7) is 6.76. The number of pyridine rings is 1. The standard InChI is InChI=1S/C28H32ClN5OS/c1-2-34(27(35)28(31-15-20-36-28)24-9-6-14-30-21-24)33-18-16-32(17-19-33)26(22-7-4-3-5-8-22)23-10-12-25(29)13-11-23/h3-14,21,26,31H,2,15-20H2,1H3. The van der Waals surface area contributed by atoms with E-state index in [1.165, 1.54) is 11.1 Å². The van der Waals surface area contributed by atoms with Crippen LogP contribution in [-0.4, -0.2) is 70.8 Å². The molecule has 2 aromatic carbocycles. The van der Waals surface area contributed by atoms with Crippen LogP contribution >= 0.6 is 23.4 Å². The van der Waals surface area contributed by atoms with Crippen LogP contribution in [0.3, 0.4) is 0 Å². The summed E-state index contributed by atoms with van der Waals surface area (Å²) >= 11 is 7.86. The van der Waals surface area contributed by atoms with Gasteiger partial charge in [0.15, 0.2) is 4.87 Å². The lowest BCUT2D eigenvalue weighted by molar-refractivity contribution is -0.156. The molecule has 3 aromatic rings. The average molecular weight is 522 g/mol. The molecule has 5 rings (SSSR count). The zero-order valence-corrected chi connectivity index (χ0v) is 22.1. The Morgan fingerprint density at radius 3 is 2.39 bits per heavy atom. The molecule has 0 bridgehead atoms. The smallest absolute Gasteiger partial charge is 0.272 e. The van der Waals surface area contributed by atoms with E-state index in [-0.39, 0.29) is 11.9 Å². The van der Waals surface area contributed by atoms with Gasteiger partial charge in [0.05, 0.1) is 6.04 Å². The molecule has 1 aromatic heterocycles. The van der Waals surface area contributed by atoms with Gasteiger partial charge in [0.2, 0.25) is 0 Å².